The first-order valence-electron chi connectivity index (χ1n) is 10.5. The number of nitrogens with zero attached hydrogens (tertiary/aromatic N) is 2. The number of benzene rings is 1. The zero-order valence-corrected chi connectivity index (χ0v) is 18.5. The van der Waals surface area contributed by atoms with Crippen LogP contribution in [0.25, 0.3) is 0 Å². The standard InChI is InChI=1S/C23H31ClN4O2/c1-3-14-28(15-4-2)22(29)20(18-9-7-12-25-16-18)11-13-26-23(30)27-17-19-8-5-6-10-21(19)24/h5-10,12,16,20H,3-4,11,13-15,17H2,1-2H3,(H2,26,27,30). The molecular formula is C23H31ClN4O2. The molecule has 0 aliphatic rings. The highest BCUT2D eigenvalue weighted by Crippen LogP contribution is 2.22. The molecule has 0 aliphatic heterocycles. The quantitative estimate of drug-likeness (QED) is 0.556. The lowest BCUT2D eigenvalue weighted by Gasteiger charge is -2.27. The number of amides is 3. The molecule has 0 fully saturated rings. The number of hydrogen-bond acceptors (Lipinski definition) is 3. The molecule has 0 radical (unpaired) electrons. The van der Waals surface area contributed by atoms with Gasteiger partial charge in [-0.2, -0.15) is 0 Å². The van der Waals surface area contributed by atoms with E-state index in [1.165, 1.54) is 0 Å². The fraction of sp³-hybridized carbons (Fsp3) is 0.435. The van der Waals surface area contributed by atoms with Crippen molar-refractivity contribution in [2.45, 2.75) is 45.6 Å². The van der Waals surface area contributed by atoms with Gasteiger partial charge in [-0.05, 0) is 42.5 Å². The Labute approximate surface area is 184 Å². The first kappa shape index (κ1) is 23.7. The fourth-order valence-electron chi connectivity index (χ4n) is 3.32. The third-order valence-electron chi connectivity index (χ3n) is 4.80. The van der Waals surface area contributed by atoms with Gasteiger partial charge in [0.1, 0.15) is 0 Å². The molecule has 2 N–H and O–H groups in total. The van der Waals surface area contributed by atoms with Crippen molar-refractivity contribution in [3.8, 4) is 0 Å². The van der Waals surface area contributed by atoms with Crippen molar-refractivity contribution >= 4 is 23.5 Å². The first-order chi connectivity index (χ1) is 14.6. The van der Waals surface area contributed by atoms with Gasteiger partial charge in [0.15, 0.2) is 0 Å². The van der Waals surface area contributed by atoms with E-state index in [-0.39, 0.29) is 17.9 Å². The molecule has 2 rings (SSSR count). The molecule has 0 aliphatic carbocycles. The molecule has 0 spiro atoms. The number of hydrogen-bond donors (Lipinski definition) is 2. The van der Waals surface area contributed by atoms with Gasteiger partial charge in [-0.3, -0.25) is 9.78 Å². The van der Waals surface area contributed by atoms with Crippen LogP contribution in [0.4, 0.5) is 4.79 Å². The van der Waals surface area contributed by atoms with E-state index in [9.17, 15) is 9.59 Å². The van der Waals surface area contributed by atoms with E-state index < -0.39 is 0 Å². The van der Waals surface area contributed by atoms with Gasteiger partial charge in [-0.1, -0.05) is 49.7 Å². The molecule has 30 heavy (non-hydrogen) atoms. The number of carbonyl (C=O) groups is 2. The summed E-state index contributed by atoms with van der Waals surface area (Å²) in [4.78, 5) is 31.5. The number of aromatic nitrogens is 1. The van der Waals surface area contributed by atoms with Crippen LogP contribution < -0.4 is 10.6 Å². The highest BCUT2D eigenvalue weighted by molar-refractivity contribution is 6.31. The summed E-state index contributed by atoms with van der Waals surface area (Å²) in [6.07, 6.45) is 5.76. The maximum absolute atomic E-state index is 13.2. The molecular weight excluding hydrogens is 400 g/mol. The molecule has 0 saturated heterocycles. The molecule has 1 heterocycles. The number of pyridine rings is 1. The van der Waals surface area contributed by atoms with Gasteiger partial charge >= 0.3 is 6.03 Å². The Morgan fingerprint density at radius 1 is 1.07 bits per heavy atom. The summed E-state index contributed by atoms with van der Waals surface area (Å²) in [5.74, 6) is -0.245. The van der Waals surface area contributed by atoms with E-state index in [0.717, 1.165) is 37.1 Å². The molecule has 1 unspecified atom stereocenters. The van der Waals surface area contributed by atoms with Crippen molar-refractivity contribution in [1.29, 1.82) is 0 Å². The normalized spacial score (nSPS) is 11.6. The zero-order chi connectivity index (χ0) is 21.8. The zero-order valence-electron chi connectivity index (χ0n) is 17.7. The highest BCUT2D eigenvalue weighted by atomic mass is 35.5. The topological polar surface area (TPSA) is 74.3 Å². The minimum Gasteiger partial charge on any atom is -0.342 e. The van der Waals surface area contributed by atoms with Gasteiger partial charge in [0.25, 0.3) is 0 Å². The number of nitrogens with one attached hydrogen (secondary N) is 2. The van der Waals surface area contributed by atoms with Crippen LogP contribution in [-0.2, 0) is 11.3 Å². The van der Waals surface area contributed by atoms with Crippen molar-refractivity contribution in [3.05, 3.63) is 64.9 Å². The monoisotopic (exact) mass is 430 g/mol. The third-order valence-corrected chi connectivity index (χ3v) is 5.17. The number of carbonyl (C=O) groups excluding carboxylic acids is 2. The molecule has 1 aromatic heterocycles. The van der Waals surface area contributed by atoms with E-state index in [1.807, 2.05) is 35.2 Å². The number of halogens is 1. The Bertz CT molecular complexity index is 795. The van der Waals surface area contributed by atoms with Gasteiger partial charge in [-0.15, -0.1) is 0 Å². The predicted molar refractivity (Wildman–Crippen MR) is 120 cm³/mol. The summed E-state index contributed by atoms with van der Waals surface area (Å²) >= 11 is 6.12. The molecule has 2 aromatic rings. The molecule has 1 aromatic carbocycles. The fourth-order valence-corrected chi connectivity index (χ4v) is 3.52. The minimum absolute atomic E-state index is 0.0879. The van der Waals surface area contributed by atoms with Gasteiger partial charge in [0, 0.05) is 43.6 Å². The van der Waals surface area contributed by atoms with Crippen LogP contribution in [0.5, 0.6) is 0 Å². The van der Waals surface area contributed by atoms with E-state index in [1.54, 1.807) is 18.5 Å². The second-order valence-corrected chi connectivity index (χ2v) is 7.56. The van der Waals surface area contributed by atoms with Crippen LogP contribution in [0.3, 0.4) is 0 Å². The van der Waals surface area contributed by atoms with Crippen LogP contribution in [0.1, 0.15) is 50.2 Å². The van der Waals surface area contributed by atoms with Crippen LogP contribution >= 0.6 is 11.6 Å². The van der Waals surface area contributed by atoms with Crippen LogP contribution in [-0.4, -0.2) is 41.5 Å². The molecule has 6 nitrogen and oxygen atoms in total. The smallest absolute Gasteiger partial charge is 0.315 e. The molecule has 7 heteroatoms. The lowest BCUT2D eigenvalue weighted by molar-refractivity contribution is -0.133. The summed E-state index contributed by atoms with van der Waals surface area (Å²) in [5, 5.41) is 6.27. The van der Waals surface area contributed by atoms with E-state index in [2.05, 4.69) is 29.5 Å². The summed E-state index contributed by atoms with van der Waals surface area (Å²) in [7, 11) is 0. The van der Waals surface area contributed by atoms with Crippen LogP contribution in [0, 0.1) is 0 Å². The van der Waals surface area contributed by atoms with Gasteiger partial charge in [-0.25, -0.2) is 4.79 Å². The van der Waals surface area contributed by atoms with E-state index in [0.29, 0.717) is 24.5 Å². The number of rotatable bonds is 11. The summed E-state index contributed by atoms with van der Waals surface area (Å²) < 4.78 is 0. The summed E-state index contributed by atoms with van der Waals surface area (Å²) in [6, 6.07) is 10.9. The third kappa shape index (κ3) is 7.34. The molecule has 162 valence electrons. The summed E-state index contributed by atoms with van der Waals surface area (Å²) in [5.41, 5.74) is 1.73. The first-order valence-corrected chi connectivity index (χ1v) is 10.9. The van der Waals surface area contributed by atoms with E-state index in [4.69, 9.17) is 11.6 Å². The highest BCUT2D eigenvalue weighted by Gasteiger charge is 2.25. The molecule has 1 atom stereocenters. The Morgan fingerprint density at radius 3 is 2.43 bits per heavy atom. The van der Waals surface area contributed by atoms with Crippen molar-refractivity contribution in [3.63, 3.8) is 0 Å². The number of urea groups is 1. The second kappa shape index (κ2) is 12.9. The minimum atomic E-state index is -0.333. The van der Waals surface area contributed by atoms with Gasteiger partial charge in [0.05, 0.1) is 5.92 Å². The van der Waals surface area contributed by atoms with Crippen molar-refractivity contribution in [2.75, 3.05) is 19.6 Å². The van der Waals surface area contributed by atoms with Crippen molar-refractivity contribution in [1.82, 2.24) is 20.5 Å². The summed E-state index contributed by atoms with van der Waals surface area (Å²) in [6.45, 7) is 6.33. The Kier molecular flexibility index (Phi) is 10.1. The van der Waals surface area contributed by atoms with Gasteiger partial charge in [0.2, 0.25) is 5.91 Å². The molecule has 3 amide bonds. The van der Waals surface area contributed by atoms with Crippen molar-refractivity contribution < 1.29 is 9.59 Å². The van der Waals surface area contributed by atoms with E-state index >= 15 is 0 Å². The van der Waals surface area contributed by atoms with Crippen LogP contribution in [0.15, 0.2) is 48.8 Å². The predicted octanol–water partition coefficient (Wildman–Crippen LogP) is 4.36. The Morgan fingerprint density at radius 2 is 1.80 bits per heavy atom. The SMILES string of the molecule is CCCN(CCC)C(=O)C(CCNC(=O)NCc1ccccc1Cl)c1cccnc1. The maximum atomic E-state index is 13.2. The van der Waals surface area contributed by atoms with Gasteiger partial charge < -0.3 is 15.5 Å². The average molecular weight is 431 g/mol. The largest absolute Gasteiger partial charge is 0.342 e. The Hall–Kier alpha value is -2.60. The molecule has 0 saturated carbocycles. The lowest BCUT2D eigenvalue weighted by atomic mass is 9.95. The second-order valence-electron chi connectivity index (χ2n) is 7.15. The average Bonchev–Trinajstić information content (AvgIpc) is 2.76. The van der Waals surface area contributed by atoms with Crippen molar-refractivity contribution in [2.24, 2.45) is 0 Å². The molecule has 0 bridgehead atoms. The maximum Gasteiger partial charge on any atom is 0.315 e. The Balaban J connectivity index is 1.95. The van der Waals surface area contributed by atoms with Crippen LogP contribution in [0.2, 0.25) is 5.02 Å². The lowest BCUT2D eigenvalue weighted by Crippen LogP contribution is -2.39.